The molecule has 1 aliphatic rings. The van der Waals surface area contributed by atoms with Crippen molar-refractivity contribution in [2.45, 2.75) is 19.8 Å². The molecule has 2 rings (SSSR count). The summed E-state index contributed by atoms with van der Waals surface area (Å²) in [6, 6.07) is 0. The van der Waals surface area contributed by atoms with E-state index in [9.17, 15) is 4.79 Å². The Balaban J connectivity index is 2.20. The van der Waals surface area contributed by atoms with Gasteiger partial charge in [0, 0.05) is 6.54 Å². The zero-order valence-corrected chi connectivity index (χ0v) is 10.8. The van der Waals surface area contributed by atoms with E-state index in [0.29, 0.717) is 21.7 Å². The van der Waals surface area contributed by atoms with Crippen molar-refractivity contribution in [3.8, 4) is 5.75 Å². The topological polar surface area (TPSA) is 90.4 Å². The second kappa shape index (κ2) is 4.10. The van der Waals surface area contributed by atoms with E-state index in [1.54, 1.807) is 0 Å². The molecule has 1 heterocycles. The summed E-state index contributed by atoms with van der Waals surface area (Å²) in [5.74, 6) is 0.00420. The zero-order valence-electron chi connectivity index (χ0n) is 10.0. The number of hydrogen-bond donors (Lipinski definition) is 3. The highest BCUT2D eigenvalue weighted by Gasteiger charge is 2.37. The molecule has 1 aliphatic carbocycles. The number of rotatable bonds is 5. The standard InChI is InChI=1S/C11H17N3O2S/c1-11(3-4-11)5-14-10-7(16-2)6(12)8(17-10)9(13)15/h14H,3-5,12H2,1-2H3,(H2,13,15). The van der Waals surface area contributed by atoms with Gasteiger partial charge in [0.25, 0.3) is 5.91 Å². The van der Waals surface area contributed by atoms with E-state index < -0.39 is 5.91 Å². The van der Waals surface area contributed by atoms with E-state index >= 15 is 0 Å². The normalized spacial score (nSPS) is 16.6. The van der Waals surface area contributed by atoms with Crippen molar-refractivity contribution in [3.05, 3.63) is 4.88 Å². The predicted octanol–water partition coefficient (Wildman–Crippen LogP) is 1.65. The van der Waals surface area contributed by atoms with E-state index in [0.717, 1.165) is 11.5 Å². The molecule has 0 bridgehead atoms. The molecule has 94 valence electrons. The predicted molar refractivity (Wildman–Crippen MR) is 69.6 cm³/mol. The van der Waals surface area contributed by atoms with Gasteiger partial charge in [0.2, 0.25) is 0 Å². The quantitative estimate of drug-likeness (QED) is 0.746. The minimum atomic E-state index is -0.517. The molecule has 1 amide bonds. The maximum Gasteiger partial charge on any atom is 0.261 e. The Bertz CT molecular complexity index is 452. The van der Waals surface area contributed by atoms with Crippen molar-refractivity contribution >= 4 is 27.9 Å². The lowest BCUT2D eigenvalue weighted by Crippen LogP contribution is -2.11. The molecule has 0 radical (unpaired) electrons. The van der Waals surface area contributed by atoms with Gasteiger partial charge in [0.1, 0.15) is 15.6 Å². The molecule has 0 unspecified atom stereocenters. The fourth-order valence-electron chi connectivity index (χ4n) is 1.61. The zero-order chi connectivity index (χ0) is 12.6. The third-order valence-corrected chi connectivity index (χ3v) is 4.27. The highest BCUT2D eigenvalue weighted by molar-refractivity contribution is 7.19. The first kappa shape index (κ1) is 12.0. The number of nitrogens with one attached hydrogen (secondary N) is 1. The van der Waals surface area contributed by atoms with Crippen LogP contribution in [0.3, 0.4) is 0 Å². The summed E-state index contributed by atoms with van der Waals surface area (Å²) < 4.78 is 5.21. The molecule has 1 aromatic heterocycles. The summed E-state index contributed by atoms with van der Waals surface area (Å²) in [5.41, 5.74) is 11.8. The number of primary amides is 1. The molecule has 0 spiro atoms. The van der Waals surface area contributed by atoms with E-state index in [1.807, 2.05) is 0 Å². The average Bonchev–Trinajstić information content (AvgIpc) is 2.90. The Morgan fingerprint density at radius 3 is 2.71 bits per heavy atom. The Labute approximate surface area is 104 Å². The van der Waals surface area contributed by atoms with Crippen LogP contribution in [0.25, 0.3) is 0 Å². The number of carbonyl (C=O) groups excluding carboxylic acids is 1. The number of amides is 1. The van der Waals surface area contributed by atoms with Crippen molar-refractivity contribution in [2.75, 3.05) is 24.7 Å². The van der Waals surface area contributed by atoms with Crippen LogP contribution in [0.2, 0.25) is 0 Å². The third kappa shape index (κ3) is 2.31. The number of anilines is 2. The molecule has 17 heavy (non-hydrogen) atoms. The maximum absolute atomic E-state index is 11.2. The van der Waals surface area contributed by atoms with Gasteiger partial charge < -0.3 is 21.5 Å². The van der Waals surface area contributed by atoms with Gasteiger partial charge in [-0.15, -0.1) is 11.3 Å². The van der Waals surface area contributed by atoms with Crippen LogP contribution in [0.15, 0.2) is 0 Å². The smallest absolute Gasteiger partial charge is 0.261 e. The van der Waals surface area contributed by atoms with Crippen molar-refractivity contribution < 1.29 is 9.53 Å². The van der Waals surface area contributed by atoms with Crippen LogP contribution in [0, 0.1) is 5.41 Å². The van der Waals surface area contributed by atoms with E-state index in [-0.39, 0.29) is 0 Å². The number of nitrogen functional groups attached to an aromatic ring is 1. The first-order valence-electron chi connectivity index (χ1n) is 5.47. The number of carbonyl (C=O) groups is 1. The molecule has 5 N–H and O–H groups in total. The lowest BCUT2D eigenvalue weighted by molar-refractivity contribution is 0.100. The number of nitrogens with two attached hydrogens (primary N) is 2. The number of ether oxygens (including phenoxy) is 1. The van der Waals surface area contributed by atoms with Crippen molar-refractivity contribution in [1.29, 1.82) is 0 Å². The van der Waals surface area contributed by atoms with Crippen LogP contribution < -0.4 is 21.5 Å². The third-order valence-electron chi connectivity index (χ3n) is 3.11. The van der Waals surface area contributed by atoms with Crippen LogP contribution in [0.4, 0.5) is 10.7 Å². The second-order valence-electron chi connectivity index (χ2n) is 4.74. The SMILES string of the molecule is COc1c(NCC2(C)CC2)sc(C(N)=O)c1N. The van der Waals surface area contributed by atoms with Crippen LogP contribution in [-0.4, -0.2) is 19.6 Å². The number of hydrogen-bond acceptors (Lipinski definition) is 5. The molecule has 0 atom stereocenters. The Hall–Kier alpha value is -1.43. The van der Waals surface area contributed by atoms with Gasteiger partial charge in [0.15, 0.2) is 5.75 Å². The fraction of sp³-hybridized carbons (Fsp3) is 0.545. The summed E-state index contributed by atoms with van der Waals surface area (Å²) in [6.45, 7) is 3.08. The van der Waals surface area contributed by atoms with Gasteiger partial charge in [-0.25, -0.2) is 0 Å². The fourth-order valence-corrected chi connectivity index (χ4v) is 2.55. The van der Waals surface area contributed by atoms with E-state index in [2.05, 4.69) is 12.2 Å². The van der Waals surface area contributed by atoms with E-state index in [4.69, 9.17) is 16.2 Å². The van der Waals surface area contributed by atoms with Gasteiger partial charge in [-0.05, 0) is 18.3 Å². The lowest BCUT2D eigenvalue weighted by atomic mass is 10.1. The first-order valence-corrected chi connectivity index (χ1v) is 6.28. The van der Waals surface area contributed by atoms with Gasteiger partial charge in [-0.1, -0.05) is 6.92 Å². The average molecular weight is 255 g/mol. The van der Waals surface area contributed by atoms with Gasteiger partial charge in [-0.3, -0.25) is 4.79 Å². The van der Waals surface area contributed by atoms with Crippen molar-refractivity contribution in [1.82, 2.24) is 0 Å². The largest absolute Gasteiger partial charge is 0.492 e. The van der Waals surface area contributed by atoms with E-state index in [1.165, 1.54) is 31.3 Å². The molecule has 1 saturated carbocycles. The highest BCUT2D eigenvalue weighted by Crippen LogP contribution is 2.47. The second-order valence-corrected chi connectivity index (χ2v) is 5.76. The minimum absolute atomic E-state index is 0.327. The Kier molecular flexibility index (Phi) is 2.91. The lowest BCUT2D eigenvalue weighted by Gasteiger charge is -2.11. The van der Waals surface area contributed by atoms with Crippen LogP contribution in [0.1, 0.15) is 29.4 Å². The van der Waals surface area contributed by atoms with Crippen LogP contribution in [0.5, 0.6) is 5.75 Å². The van der Waals surface area contributed by atoms with Crippen LogP contribution >= 0.6 is 11.3 Å². The molecular formula is C11H17N3O2S. The summed E-state index contributed by atoms with van der Waals surface area (Å²) >= 11 is 1.25. The van der Waals surface area contributed by atoms with Gasteiger partial charge >= 0.3 is 0 Å². The maximum atomic E-state index is 11.2. The van der Waals surface area contributed by atoms with Crippen molar-refractivity contribution in [2.24, 2.45) is 11.1 Å². The summed E-state index contributed by atoms with van der Waals surface area (Å²) in [7, 11) is 1.53. The monoisotopic (exact) mass is 255 g/mol. The van der Waals surface area contributed by atoms with Gasteiger partial charge in [-0.2, -0.15) is 0 Å². The number of thiophene rings is 1. The molecule has 1 aromatic rings. The van der Waals surface area contributed by atoms with Crippen LogP contribution in [-0.2, 0) is 0 Å². The minimum Gasteiger partial charge on any atom is -0.492 e. The molecule has 6 heteroatoms. The highest BCUT2D eigenvalue weighted by atomic mass is 32.1. The molecule has 0 aromatic carbocycles. The number of methoxy groups -OCH3 is 1. The molecule has 0 saturated heterocycles. The Morgan fingerprint density at radius 1 is 1.59 bits per heavy atom. The molecule has 0 aliphatic heterocycles. The summed E-state index contributed by atoms with van der Waals surface area (Å²) in [4.78, 5) is 11.5. The Morgan fingerprint density at radius 2 is 2.24 bits per heavy atom. The summed E-state index contributed by atoms with van der Waals surface area (Å²) in [6.07, 6.45) is 2.46. The van der Waals surface area contributed by atoms with Crippen molar-refractivity contribution in [3.63, 3.8) is 0 Å². The van der Waals surface area contributed by atoms with Gasteiger partial charge in [0.05, 0.1) is 7.11 Å². The molecular weight excluding hydrogens is 238 g/mol. The molecule has 5 nitrogen and oxygen atoms in total. The molecule has 1 fully saturated rings. The first-order chi connectivity index (χ1) is 7.97. The summed E-state index contributed by atoms with van der Waals surface area (Å²) in [5, 5.41) is 4.07.